The quantitative estimate of drug-likeness (QED) is 0.857. The van der Waals surface area contributed by atoms with Crippen LogP contribution in [0.15, 0.2) is 30.5 Å². The molecule has 0 radical (unpaired) electrons. The van der Waals surface area contributed by atoms with Crippen molar-refractivity contribution in [1.29, 1.82) is 0 Å². The molecule has 0 amide bonds. The molecule has 1 aliphatic rings. The lowest BCUT2D eigenvalue weighted by atomic mass is 9.93. The van der Waals surface area contributed by atoms with E-state index in [1.54, 1.807) is 10.9 Å². The normalized spacial score (nSPS) is 17.8. The molecule has 1 N–H and O–H groups in total. The molecule has 0 bridgehead atoms. The summed E-state index contributed by atoms with van der Waals surface area (Å²) in [7, 11) is 0. The number of carbonyl (C=O) groups is 1. The number of nitrogens with zero attached hydrogens (tertiary/aromatic N) is 3. The molecule has 0 saturated carbocycles. The molecule has 2 heterocycles. The molecule has 1 aromatic carbocycles. The second kappa shape index (κ2) is 5.54. The minimum Gasteiger partial charge on any atom is -0.303 e. The van der Waals surface area contributed by atoms with Gasteiger partial charge in [-0.1, -0.05) is 36.4 Å². The number of Topliss-reactive ketones (excluding diaryl/α,β-unsaturated/α-hetero) is 1. The topological polar surface area (TPSA) is 59.8 Å². The summed E-state index contributed by atoms with van der Waals surface area (Å²) in [5.41, 5.74) is 3.12. The van der Waals surface area contributed by atoms with Gasteiger partial charge in [-0.05, 0) is 24.0 Å². The van der Waals surface area contributed by atoms with Gasteiger partial charge in [0.15, 0.2) is 5.78 Å². The monoisotopic (exact) mass is 270 g/mol. The average Bonchev–Trinajstić information content (AvgIpc) is 2.94. The first kappa shape index (κ1) is 13.0. The third-order valence-corrected chi connectivity index (χ3v) is 3.70. The van der Waals surface area contributed by atoms with Crippen molar-refractivity contribution in [2.45, 2.75) is 38.9 Å². The van der Waals surface area contributed by atoms with Crippen molar-refractivity contribution < 1.29 is 4.79 Å². The fourth-order valence-corrected chi connectivity index (χ4v) is 2.64. The molecule has 2 aromatic rings. The molecule has 104 valence electrons. The zero-order valence-corrected chi connectivity index (χ0v) is 11.5. The molecule has 1 aliphatic heterocycles. The van der Waals surface area contributed by atoms with E-state index in [2.05, 4.69) is 34.7 Å². The van der Waals surface area contributed by atoms with Crippen LogP contribution >= 0.6 is 0 Å². The van der Waals surface area contributed by atoms with Gasteiger partial charge in [-0.3, -0.25) is 4.79 Å². The number of hydrogen-bond acceptors (Lipinski definition) is 4. The number of fused-ring (bicyclic) bond motifs is 1. The highest BCUT2D eigenvalue weighted by atomic mass is 16.1. The van der Waals surface area contributed by atoms with E-state index in [4.69, 9.17) is 0 Å². The molecule has 0 spiro atoms. The highest BCUT2D eigenvalue weighted by molar-refractivity contribution is 5.98. The lowest BCUT2D eigenvalue weighted by Crippen LogP contribution is -2.42. The van der Waals surface area contributed by atoms with Crippen LogP contribution in [0.1, 0.15) is 35.0 Å². The fourth-order valence-electron chi connectivity index (χ4n) is 2.64. The van der Waals surface area contributed by atoms with E-state index < -0.39 is 0 Å². The first-order valence-electron chi connectivity index (χ1n) is 7.02. The number of carbonyl (C=O) groups excluding carboxylic acids is 1. The van der Waals surface area contributed by atoms with Crippen molar-refractivity contribution in [2.75, 3.05) is 0 Å². The van der Waals surface area contributed by atoms with Crippen LogP contribution in [0.25, 0.3) is 0 Å². The minimum absolute atomic E-state index is 0.0814. The Balaban J connectivity index is 1.80. The van der Waals surface area contributed by atoms with Crippen LogP contribution in [-0.2, 0) is 19.5 Å². The average molecular weight is 270 g/mol. The summed E-state index contributed by atoms with van der Waals surface area (Å²) in [6, 6.07) is 8.07. The number of aromatic nitrogens is 3. The van der Waals surface area contributed by atoms with Crippen LogP contribution < -0.4 is 5.32 Å². The van der Waals surface area contributed by atoms with E-state index >= 15 is 0 Å². The molecule has 1 atom stereocenters. The minimum atomic E-state index is -0.181. The summed E-state index contributed by atoms with van der Waals surface area (Å²) in [5.74, 6) is 0.0814. The lowest BCUT2D eigenvalue weighted by molar-refractivity contribution is 0.0927. The maximum Gasteiger partial charge on any atom is 0.199 e. The van der Waals surface area contributed by atoms with Gasteiger partial charge in [-0.15, -0.1) is 5.10 Å². The Bertz CT molecular complexity index is 620. The molecule has 1 aromatic heterocycles. The predicted octanol–water partition coefficient (Wildman–Crippen LogP) is 1.59. The Morgan fingerprint density at radius 3 is 3.00 bits per heavy atom. The van der Waals surface area contributed by atoms with Gasteiger partial charge in [0, 0.05) is 13.1 Å². The van der Waals surface area contributed by atoms with E-state index in [1.165, 1.54) is 11.1 Å². The van der Waals surface area contributed by atoms with Crippen molar-refractivity contribution >= 4 is 5.78 Å². The highest BCUT2D eigenvalue weighted by Crippen LogP contribution is 2.18. The number of nitrogens with one attached hydrogen (secondary N) is 1. The van der Waals surface area contributed by atoms with Crippen LogP contribution in [0.4, 0.5) is 0 Å². The Morgan fingerprint density at radius 1 is 1.40 bits per heavy atom. The fraction of sp³-hybridized carbons (Fsp3) is 0.400. The van der Waals surface area contributed by atoms with Crippen molar-refractivity contribution in [3.05, 3.63) is 47.3 Å². The van der Waals surface area contributed by atoms with Crippen molar-refractivity contribution in [3.63, 3.8) is 0 Å². The standard InChI is InChI=1S/C15H18N4O/c1-2-7-19-14(10-17-18-19)15(20)13-8-11-5-3-4-6-12(11)9-16-13/h3-6,10,13,16H,2,7-9H2,1H3. The van der Waals surface area contributed by atoms with Gasteiger partial charge in [0.2, 0.25) is 0 Å². The van der Waals surface area contributed by atoms with Crippen molar-refractivity contribution in [3.8, 4) is 0 Å². The molecule has 1 unspecified atom stereocenters. The Hall–Kier alpha value is -2.01. The predicted molar refractivity (Wildman–Crippen MR) is 75.4 cm³/mol. The van der Waals surface area contributed by atoms with E-state index in [9.17, 15) is 4.79 Å². The number of aryl methyl sites for hydroxylation is 1. The summed E-state index contributed by atoms with van der Waals surface area (Å²) >= 11 is 0. The largest absolute Gasteiger partial charge is 0.303 e. The number of ketones is 1. The Kier molecular flexibility index (Phi) is 3.60. The van der Waals surface area contributed by atoms with Gasteiger partial charge < -0.3 is 5.32 Å². The zero-order valence-electron chi connectivity index (χ0n) is 11.5. The molecule has 20 heavy (non-hydrogen) atoms. The molecule has 0 saturated heterocycles. The van der Waals surface area contributed by atoms with E-state index in [-0.39, 0.29) is 11.8 Å². The molecule has 0 aliphatic carbocycles. The van der Waals surface area contributed by atoms with Gasteiger partial charge in [-0.25, -0.2) is 4.68 Å². The lowest BCUT2D eigenvalue weighted by Gasteiger charge is -2.25. The van der Waals surface area contributed by atoms with Crippen LogP contribution in [0, 0.1) is 0 Å². The van der Waals surface area contributed by atoms with Crippen LogP contribution in [-0.4, -0.2) is 26.8 Å². The summed E-state index contributed by atoms with van der Waals surface area (Å²) in [5, 5.41) is 11.2. The van der Waals surface area contributed by atoms with E-state index in [1.807, 2.05) is 12.1 Å². The molecular formula is C15H18N4O. The van der Waals surface area contributed by atoms with Gasteiger partial charge in [-0.2, -0.15) is 0 Å². The Morgan fingerprint density at radius 2 is 2.20 bits per heavy atom. The second-order valence-electron chi connectivity index (χ2n) is 5.11. The Labute approximate surface area is 118 Å². The summed E-state index contributed by atoms with van der Waals surface area (Å²) in [4.78, 5) is 12.6. The van der Waals surface area contributed by atoms with Gasteiger partial charge in [0.05, 0.1) is 12.2 Å². The van der Waals surface area contributed by atoms with Crippen molar-refractivity contribution in [2.24, 2.45) is 0 Å². The molecule has 3 rings (SSSR count). The maximum absolute atomic E-state index is 12.6. The maximum atomic E-state index is 12.6. The van der Waals surface area contributed by atoms with E-state index in [0.717, 1.165) is 25.9 Å². The third kappa shape index (κ3) is 2.36. The first-order chi connectivity index (χ1) is 9.79. The van der Waals surface area contributed by atoms with Gasteiger partial charge >= 0.3 is 0 Å². The SMILES string of the molecule is CCCn1nncc1C(=O)C1Cc2ccccc2CN1. The second-order valence-corrected chi connectivity index (χ2v) is 5.11. The van der Waals surface area contributed by atoms with E-state index in [0.29, 0.717) is 5.69 Å². The highest BCUT2D eigenvalue weighted by Gasteiger charge is 2.27. The summed E-state index contributed by atoms with van der Waals surface area (Å²) in [6.45, 7) is 3.53. The number of hydrogen-bond donors (Lipinski definition) is 1. The first-order valence-corrected chi connectivity index (χ1v) is 7.02. The van der Waals surface area contributed by atoms with Gasteiger partial charge in [0.25, 0.3) is 0 Å². The van der Waals surface area contributed by atoms with Gasteiger partial charge in [0.1, 0.15) is 5.69 Å². The molecular weight excluding hydrogens is 252 g/mol. The number of rotatable bonds is 4. The van der Waals surface area contributed by atoms with Crippen molar-refractivity contribution in [1.82, 2.24) is 20.3 Å². The molecule has 0 fully saturated rings. The molecule has 5 heteroatoms. The molecule has 5 nitrogen and oxygen atoms in total. The van der Waals surface area contributed by atoms with Crippen LogP contribution in [0.3, 0.4) is 0 Å². The number of benzene rings is 1. The third-order valence-electron chi connectivity index (χ3n) is 3.70. The summed E-state index contributed by atoms with van der Waals surface area (Å²) < 4.78 is 1.70. The smallest absolute Gasteiger partial charge is 0.199 e. The summed E-state index contributed by atoms with van der Waals surface area (Å²) in [6.07, 6.45) is 3.23. The van der Waals surface area contributed by atoms with Crippen LogP contribution in [0.5, 0.6) is 0 Å². The zero-order chi connectivity index (χ0) is 13.9. The van der Waals surface area contributed by atoms with Crippen LogP contribution in [0.2, 0.25) is 0 Å².